The third kappa shape index (κ3) is 3.76. The minimum atomic E-state index is -0.541. The Kier molecular flexibility index (Phi) is 4.49. The Morgan fingerprint density at radius 1 is 1.29 bits per heavy atom. The zero-order chi connectivity index (χ0) is 15.4. The van der Waals surface area contributed by atoms with Crippen molar-refractivity contribution >= 4 is 28.8 Å². The second kappa shape index (κ2) is 6.32. The topological polar surface area (TPSA) is 75.3 Å². The summed E-state index contributed by atoms with van der Waals surface area (Å²) in [7, 11) is 0. The van der Waals surface area contributed by atoms with Crippen molar-refractivity contribution in [2.75, 3.05) is 5.32 Å². The minimum absolute atomic E-state index is 0.00640. The number of carbonyl (C=O) groups is 1. The lowest BCUT2D eigenvalue weighted by molar-refractivity contribution is -0.115. The van der Waals surface area contributed by atoms with Gasteiger partial charge < -0.3 is 16.2 Å². The molecule has 4 nitrogen and oxygen atoms in total. The van der Waals surface area contributed by atoms with Gasteiger partial charge in [-0.1, -0.05) is 30.4 Å². The van der Waals surface area contributed by atoms with Gasteiger partial charge in [0.2, 0.25) is 5.91 Å². The van der Waals surface area contributed by atoms with Crippen molar-refractivity contribution in [3.63, 3.8) is 0 Å². The van der Waals surface area contributed by atoms with Crippen LogP contribution in [-0.4, -0.2) is 16.0 Å². The predicted molar refractivity (Wildman–Crippen MR) is 82.7 cm³/mol. The number of para-hydroxylation sites is 1. The van der Waals surface area contributed by atoms with Gasteiger partial charge in [0.05, 0.1) is 6.42 Å². The van der Waals surface area contributed by atoms with E-state index in [-0.39, 0.29) is 28.6 Å². The Balaban J connectivity index is 2.12. The van der Waals surface area contributed by atoms with Crippen LogP contribution in [0, 0.1) is 5.82 Å². The number of phenolic OH excluding ortho intramolecular Hbond substituents is 1. The molecule has 4 N–H and O–H groups in total. The van der Waals surface area contributed by atoms with Gasteiger partial charge in [0.25, 0.3) is 0 Å². The van der Waals surface area contributed by atoms with Crippen LogP contribution in [0.5, 0.6) is 5.75 Å². The van der Waals surface area contributed by atoms with E-state index in [0.29, 0.717) is 11.3 Å². The van der Waals surface area contributed by atoms with Crippen LogP contribution in [0.25, 0.3) is 0 Å². The molecule has 0 unspecified atom stereocenters. The van der Waals surface area contributed by atoms with E-state index in [1.807, 2.05) is 0 Å². The van der Waals surface area contributed by atoms with Gasteiger partial charge in [0.15, 0.2) is 0 Å². The van der Waals surface area contributed by atoms with E-state index in [1.165, 1.54) is 24.3 Å². The molecule has 0 aliphatic carbocycles. The Labute approximate surface area is 126 Å². The highest BCUT2D eigenvalue weighted by Crippen LogP contribution is 2.18. The lowest BCUT2D eigenvalue weighted by atomic mass is 10.1. The molecule has 0 aromatic heterocycles. The fraction of sp³-hybridized carbons (Fsp3) is 0.0667. The molecule has 0 radical (unpaired) electrons. The molecule has 2 aromatic carbocycles. The minimum Gasteiger partial charge on any atom is -0.508 e. The highest BCUT2D eigenvalue weighted by Gasteiger charge is 2.10. The van der Waals surface area contributed by atoms with Gasteiger partial charge in [-0.05, 0) is 24.3 Å². The normalized spacial score (nSPS) is 10.1. The summed E-state index contributed by atoms with van der Waals surface area (Å²) in [4.78, 5) is 11.8. The molecule has 21 heavy (non-hydrogen) atoms. The number of anilines is 1. The number of hydrogen-bond donors (Lipinski definition) is 3. The number of rotatable bonds is 4. The smallest absolute Gasteiger partial charge is 0.228 e. The van der Waals surface area contributed by atoms with E-state index in [1.54, 1.807) is 18.2 Å². The Hall–Kier alpha value is -2.47. The summed E-state index contributed by atoms with van der Waals surface area (Å²) in [5, 5.41) is 12.2. The van der Waals surface area contributed by atoms with E-state index in [0.717, 1.165) is 0 Å². The molecular weight excluding hydrogens is 291 g/mol. The monoisotopic (exact) mass is 304 g/mol. The number of amides is 1. The number of halogens is 1. The van der Waals surface area contributed by atoms with Crippen LogP contribution in [-0.2, 0) is 11.2 Å². The van der Waals surface area contributed by atoms with E-state index in [9.17, 15) is 14.3 Å². The van der Waals surface area contributed by atoms with Crippen molar-refractivity contribution < 1.29 is 14.3 Å². The highest BCUT2D eigenvalue weighted by atomic mass is 32.1. The third-order valence-electron chi connectivity index (χ3n) is 2.86. The first-order valence-corrected chi connectivity index (χ1v) is 6.54. The van der Waals surface area contributed by atoms with Crippen LogP contribution < -0.4 is 11.1 Å². The standard InChI is InChI=1S/C15H13FN2O2S/c16-12-6-5-10(8-11(12)15(17)21)18-14(20)7-9-3-1-2-4-13(9)19/h1-6,8,19H,7H2,(H2,17,21)(H,18,20). The molecule has 0 saturated carbocycles. The molecule has 0 bridgehead atoms. The largest absolute Gasteiger partial charge is 0.508 e. The maximum atomic E-state index is 13.4. The van der Waals surface area contributed by atoms with Gasteiger partial charge in [-0.15, -0.1) is 0 Å². The van der Waals surface area contributed by atoms with E-state index >= 15 is 0 Å². The lowest BCUT2D eigenvalue weighted by Crippen LogP contribution is -2.16. The molecule has 6 heteroatoms. The molecule has 2 rings (SSSR count). The van der Waals surface area contributed by atoms with Crippen molar-refractivity contribution in [2.45, 2.75) is 6.42 Å². The van der Waals surface area contributed by atoms with Crippen molar-refractivity contribution in [1.29, 1.82) is 0 Å². The first kappa shape index (κ1) is 14.9. The van der Waals surface area contributed by atoms with Gasteiger partial charge in [-0.3, -0.25) is 4.79 Å². The summed E-state index contributed by atoms with van der Waals surface area (Å²) in [6.45, 7) is 0. The first-order valence-electron chi connectivity index (χ1n) is 6.13. The summed E-state index contributed by atoms with van der Waals surface area (Å²) in [5.74, 6) is -0.825. The number of nitrogens with two attached hydrogens (primary N) is 1. The number of benzene rings is 2. The first-order chi connectivity index (χ1) is 9.97. The Morgan fingerprint density at radius 3 is 2.67 bits per heavy atom. The maximum Gasteiger partial charge on any atom is 0.228 e. The van der Waals surface area contributed by atoms with Crippen molar-refractivity contribution in [3.05, 3.63) is 59.4 Å². The molecule has 0 atom stereocenters. The number of carbonyl (C=O) groups excluding carboxylic acids is 1. The number of hydrogen-bond acceptors (Lipinski definition) is 3. The molecular formula is C15H13FN2O2S. The van der Waals surface area contributed by atoms with Crippen molar-refractivity contribution in [2.24, 2.45) is 5.73 Å². The van der Waals surface area contributed by atoms with Crippen molar-refractivity contribution in [1.82, 2.24) is 0 Å². The number of phenols is 1. The van der Waals surface area contributed by atoms with Crippen LogP contribution in [0.4, 0.5) is 10.1 Å². The fourth-order valence-electron chi connectivity index (χ4n) is 1.83. The zero-order valence-electron chi connectivity index (χ0n) is 11.0. The van der Waals surface area contributed by atoms with Gasteiger partial charge in [0, 0.05) is 16.8 Å². The quantitative estimate of drug-likeness (QED) is 0.758. The van der Waals surface area contributed by atoms with Crippen LogP contribution in [0.3, 0.4) is 0 Å². The van der Waals surface area contributed by atoms with Crippen LogP contribution >= 0.6 is 12.2 Å². The van der Waals surface area contributed by atoms with Crippen LogP contribution in [0.15, 0.2) is 42.5 Å². The number of aromatic hydroxyl groups is 1. The molecule has 108 valence electrons. The SMILES string of the molecule is NC(=S)c1cc(NC(=O)Cc2ccccc2O)ccc1F. The van der Waals surface area contributed by atoms with Gasteiger partial charge in [0.1, 0.15) is 16.6 Å². The van der Waals surface area contributed by atoms with E-state index in [2.05, 4.69) is 5.32 Å². The summed E-state index contributed by atoms with van der Waals surface area (Å²) in [6, 6.07) is 10.5. The number of thiocarbonyl (C=S) groups is 1. The Bertz CT molecular complexity index is 704. The molecule has 0 spiro atoms. The summed E-state index contributed by atoms with van der Waals surface area (Å²) >= 11 is 4.74. The molecule has 0 fully saturated rings. The van der Waals surface area contributed by atoms with E-state index < -0.39 is 5.82 Å². The Morgan fingerprint density at radius 2 is 2.00 bits per heavy atom. The maximum absolute atomic E-state index is 13.4. The predicted octanol–water partition coefficient (Wildman–Crippen LogP) is 2.35. The van der Waals surface area contributed by atoms with Crippen LogP contribution in [0.1, 0.15) is 11.1 Å². The summed E-state index contributed by atoms with van der Waals surface area (Å²) in [6.07, 6.45) is 0.00640. The van der Waals surface area contributed by atoms with Crippen LogP contribution in [0.2, 0.25) is 0 Å². The average Bonchev–Trinajstić information content (AvgIpc) is 2.43. The van der Waals surface area contributed by atoms with Gasteiger partial charge in [-0.2, -0.15) is 0 Å². The zero-order valence-corrected chi connectivity index (χ0v) is 11.8. The molecule has 1 amide bonds. The fourth-order valence-corrected chi connectivity index (χ4v) is 1.99. The average molecular weight is 304 g/mol. The summed E-state index contributed by atoms with van der Waals surface area (Å²) < 4.78 is 13.4. The number of nitrogens with one attached hydrogen (secondary N) is 1. The highest BCUT2D eigenvalue weighted by molar-refractivity contribution is 7.80. The lowest BCUT2D eigenvalue weighted by Gasteiger charge is -2.08. The third-order valence-corrected chi connectivity index (χ3v) is 3.08. The van der Waals surface area contributed by atoms with Crippen molar-refractivity contribution in [3.8, 4) is 5.75 Å². The molecule has 0 heterocycles. The molecule has 0 aliphatic rings. The second-order valence-electron chi connectivity index (χ2n) is 4.41. The molecule has 0 aliphatic heterocycles. The molecule has 2 aromatic rings. The second-order valence-corrected chi connectivity index (χ2v) is 4.85. The summed E-state index contributed by atoms with van der Waals surface area (Å²) in [5.41, 5.74) is 6.37. The van der Waals surface area contributed by atoms with E-state index in [4.69, 9.17) is 18.0 Å². The van der Waals surface area contributed by atoms with Gasteiger partial charge in [-0.25, -0.2) is 4.39 Å². The van der Waals surface area contributed by atoms with Gasteiger partial charge >= 0.3 is 0 Å². The molecule has 0 saturated heterocycles.